The predicted octanol–water partition coefficient (Wildman–Crippen LogP) is 0.759. The van der Waals surface area contributed by atoms with E-state index in [0.29, 0.717) is 13.0 Å². The van der Waals surface area contributed by atoms with Crippen LogP contribution in [0.5, 0.6) is 0 Å². The molecular formula is C18H28N2O7. The van der Waals surface area contributed by atoms with Gasteiger partial charge in [-0.05, 0) is 34.6 Å². The third-order valence-corrected chi connectivity index (χ3v) is 5.43. The van der Waals surface area contributed by atoms with Crippen LogP contribution in [-0.2, 0) is 28.5 Å². The van der Waals surface area contributed by atoms with Gasteiger partial charge in [-0.15, -0.1) is 0 Å². The maximum absolute atomic E-state index is 12.1. The van der Waals surface area contributed by atoms with Crippen LogP contribution >= 0.6 is 0 Å². The molecule has 0 aromatic carbocycles. The maximum Gasteiger partial charge on any atom is 0.407 e. The molecule has 4 unspecified atom stereocenters. The van der Waals surface area contributed by atoms with Crippen molar-refractivity contribution in [1.29, 1.82) is 0 Å². The molecule has 9 heteroatoms. The van der Waals surface area contributed by atoms with Gasteiger partial charge in [0.1, 0.15) is 23.4 Å². The SMILES string of the molecule is CC(C)(C)OC(=O)NCC12COC(N3CCC3=O)(CO1)C1OC(C)(C)OC12. The second-order valence-corrected chi connectivity index (χ2v) is 9.11. The molecule has 9 nitrogen and oxygen atoms in total. The van der Waals surface area contributed by atoms with Crippen molar-refractivity contribution in [2.24, 2.45) is 0 Å². The van der Waals surface area contributed by atoms with E-state index in [9.17, 15) is 9.59 Å². The first kappa shape index (κ1) is 18.9. The van der Waals surface area contributed by atoms with Gasteiger partial charge in [-0.3, -0.25) is 4.79 Å². The number of rotatable bonds is 3. The second kappa shape index (κ2) is 5.79. The van der Waals surface area contributed by atoms with Crippen LogP contribution in [0.1, 0.15) is 41.0 Å². The molecule has 2 bridgehead atoms. The Morgan fingerprint density at radius 1 is 1.22 bits per heavy atom. The average Bonchev–Trinajstić information content (AvgIpc) is 2.89. The molecule has 0 spiro atoms. The van der Waals surface area contributed by atoms with Crippen LogP contribution in [0.2, 0.25) is 0 Å². The van der Waals surface area contributed by atoms with Gasteiger partial charge < -0.3 is 33.9 Å². The summed E-state index contributed by atoms with van der Waals surface area (Å²) >= 11 is 0. The summed E-state index contributed by atoms with van der Waals surface area (Å²) < 4.78 is 29.9. The number of likely N-dealkylation sites (tertiary alicyclic amines) is 1. The molecule has 27 heavy (non-hydrogen) atoms. The molecule has 0 aliphatic carbocycles. The number of amides is 2. The molecular weight excluding hydrogens is 356 g/mol. The summed E-state index contributed by atoms with van der Waals surface area (Å²) in [6.45, 7) is 10.2. The zero-order valence-electron chi connectivity index (χ0n) is 16.5. The maximum atomic E-state index is 12.1. The van der Waals surface area contributed by atoms with Gasteiger partial charge in [0.05, 0.1) is 19.8 Å². The zero-order valence-corrected chi connectivity index (χ0v) is 16.5. The lowest BCUT2D eigenvalue weighted by Gasteiger charge is -2.61. The van der Waals surface area contributed by atoms with Crippen molar-refractivity contribution in [2.45, 2.75) is 76.0 Å². The largest absolute Gasteiger partial charge is 0.444 e. The third kappa shape index (κ3) is 3.00. The molecule has 5 heterocycles. The fraction of sp³-hybridized carbons (Fsp3) is 0.889. The summed E-state index contributed by atoms with van der Waals surface area (Å²) in [7, 11) is 0. The number of hydrogen-bond donors (Lipinski definition) is 1. The topological polar surface area (TPSA) is 95.6 Å². The van der Waals surface area contributed by atoms with Gasteiger partial charge in [0.15, 0.2) is 11.5 Å². The molecule has 0 aromatic heterocycles. The van der Waals surface area contributed by atoms with Crippen molar-refractivity contribution in [3.63, 3.8) is 0 Å². The number of nitrogens with zero attached hydrogens (tertiary/aromatic N) is 1. The van der Waals surface area contributed by atoms with E-state index in [2.05, 4.69) is 5.32 Å². The van der Waals surface area contributed by atoms with Crippen LogP contribution < -0.4 is 5.32 Å². The molecule has 5 rings (SSSR count). The Balaban J connectivity index is 1.54. The van der Waals surface area contributed by atoms with Crippen LogP contribution in [0.25, 0.3) is 0 Å². The molecule has 1 N–H and O–H groups in total. The van der Waals surface area contributed by atoms with Crippen LogP contribution in [0.3, 0.4) is 0 Å². The number of nitrogens with one attached hydrogen (secondary N) is 1. The van der Waals surface area contributed by atoms with Gasteiger partial charge in [-0.2, -0.15) is 0 Å². The van der Waals surface area contributed by atoms with Crippen molar-refractivity contribution >= 4 is 12.0 Å². The highest BCUT2D eigenvalue weighted by Crippen LogP contribution is 2.51. The van der Waals surface area contributed by atoms with Gasteiger partial charge >= 0.3 is 6.09 Å². The summed E-state index contributed by atoms with van der Waals surface area (Å²) in [4.78, 5) is 25.9. The van der Waals surface area contributed by atoms with E-state index >= 15 is 0 Å². The summed E-state index contributed by atoms with van der Waals surface area (Å²) in [5, 5.41) is 2.76. The highest BCUT2D eigenvalue weighted by atomic mass is 16.8. The van der Waals surface area contributed by atoms with Gasteiger partial charge in [-0.1, -0.05) is 0 Å². The number of ether oxygens (including phenoxy) is 5. The van der Waals surface area contributed by atoms with Crippen molar-refractivity contribution in [3.05, 3.63) is 0 Å². The van der Waals surface area contributed by atoms with Crippen LogP contribution in [-0.4, -0.2) is 78.1 Å². The quantitative estimate of drug-likeness (QED) is 0.718. The van der Waals surface area contributed by atoms with Crippen LogP contribution in [0.15, 0.2) is 0 Å². The monoisotopic (exact) mass is 384 g/mol. The summed E-state index contributed by atoms with van der Waals surface area (Å²) in [6, 6.07) is 0. The summed E-state index contributed by atoms with van der Waals surface area (Å²) in [6.07, 6.45) is -0.994. The minimum Gasteiger partial charge on any atom is -0.444 e. The van der Waals surface area contributed by atoms with E-state index in [1.54, 1.807) is 25.7 Å². The van der Waals surface area contributed by atoms with Crippen LogP contribution in [0.4, 0.5) is 4.79 Å². The number of hydrogen-bond acceptors (Lipinski definition) is 7. The first-order chi connectivity index (χ1) is 12.5. The Labute approximate surface area is 158 Å². The first-order valence-corrected chi connectivity index (χ1v) is 9.37. The first-order valence-electron chi connectivity index (χ1n) is 9.37. The Bertz CT molecular complexity index is 649. The highest BCUT2D eigenvalue weighted by molar-refractivity contribution is 5.82. The number of β-lactam (4-membered cyclic amide) rings is 1. The van der Waals surface area contributed by atoms with Crippen molar-refractivity contribution < 1.29 is 33.3 Å². The third-order valence-electron chi connectivity index (χ3n) is 5.43. The Morgan fingerprint density at radius 3 is 2.44 bits per heavy atom. The van der Waals surface area contributed by atoms with E-state index in [-0.39, 0.29) is 25.7 Å². The zero-order chi connectivity index (χ0) is 19.7. The Hall–Kier alpha value is -1.42. The molecule has 0 radical (unpaired) electrons. The van der Waals surface area contributed by atoms with E-state index in [0.717, 1.165) is 0 Å². The molecule has 152 valence electrons. The number of alkyl carbamates (subject to hydrolysis) is 1. The number of fused-ring (bicyclic) bond motifs is 2. The molecule has 5 aliphatic rings. The molecule has 4 atom stereocenters. The average molecular weight is 384 g/mol. The highest BCUT2D eigenvalue weighted by Gasteiger charge is 2.72. The summed E-state index contributed by atoms with van der Waals surface area (Å²) in [5.41, 5.74) is -2.46. The molecule has 0 saturated carbocycles. The van der Waals surface area contributed by atoms with E-state index < -0.39 is 41.0 Å². The molecule has 5 saturated heterocycles. The second-order valence-electron chi connectivity index (χ2n) is 9.11. The summed E-state index contributed by atoms with van der Waals surface area (Å²) in [5.74, 6) is -0.820. The Kier molecular flexibility index (Phi) is 4.06. The van der Waals surface area contributed by atoms with Gasteiger partial charge in [0.25, 0.3) is 0 Å². The van der Waals surface area contributed by atoms with E-state index in [4.69, 9.17) is 23.7 Å². The van der Waals surface area contributed by atoms with Crippen molar-refractivity contribution in [1.82, 2.24) is 10.2 Å². The number of carbonyl (C=O) groups excluding carboxylic acids is 2. The van der Waals surface area contributed by atoms with Gasteiger partial charge in [-0.25, -0.2) is 4.79 Å². The van der Waals surface area contributed by atoms with E-state index in [1.165, 1.54) is 0 Å². The molecule has 5 fully saturated rings. The van der Waals surface area contributed by atoms with Crippen LogP contribution in [0, 0.1) is 0 Å². The minimum atomic E-state index is -0.971. The van der Waals surface area contributed by atoms with Gasteiger partial charge in [0, 0.05) is 13.0 Å². The molecule has 0 aromatic rings. The van der Waals surface area contributed by atoms with Gasteiger partial charge in [0.2, 0.25) is 5.91 Å². The normalized spacial score (nSPS) is 39.7. The lowest BCUT2D eigenvalue weighted by molar-refractivity contribution is -0.368. The standard InChI is InChI=1S/C18H28N2O7/c1-15(2,3)27-14(22)19-8-17-9-24-18(10-23-17,20-7-6-11(20)21)13-12(17)25-16(4,5)26-13/h12-13H,6-10H2,1-5H3,(H,19,22). The van der Waals surface area contributed by atoms with Crippen molar-refractivity contribution in [3.8, 4) is 0 Å². The fourth-order valence-corrected chi connectivity index (χ4v) is 4.14. The number of carbonyl (C=O) groups is 2. The molecule has 2 amide bonds. The van der Waals surface area contributed by atoms with Crippen molar-refractivity contribution in [2.75, 3.05) is 26.3 Å². The van der Waals surface area contributed by atoms with E-state index in [1.807, 2.05) is 13.8 Å². The molecule has 5 aliphatic heterocycles. The fourth-order valence-electron chi connectivity index (χ4n) is 4.14. The lowest BCUT2D eigenvalue weighted by Crippen LogP contribution is -2.82. The Morgan fingerprint density at radius 2 is 1.93 bits per heavy atom. The lowest BCUT2D eigenvalue weighted by atomic mass is 9.80. The smallest absolute Gasteiger partial charge is 0.407 e. The minimum absolute atomic E-state index is 0.0203. The predicted molar refractivity (Wildman–Crippen MR) is 91.8 cm³/mol.